The van der Waals surface area contributed by atoms with Gasteiger partial charge < -0.3 is 5.73 Å². The third-order valence-electron chi connectivity index (χ3n) is 4.40. The minimum Gasteiger partial charge on any atom is -0.324 e. The van der Waals surface area contributed by atoms with Gasteiger partial charge in [-0.2, -0.15) is 0 Å². The van der Waals surface area contributed by atoms with E-state index in [0.29, 0.717) is 5.92 Å². The van der Waals surface area contributed by atoms with E-state index >= 15 is 0 Å². The van der Waals surface area contributed by atoms with E-state index in [-0.39, 0.29) is 6.04 Å². The summed E-state index contributed by atoms with van der Waals surface area (Å²) in [6.07, 6.45) is 6.75. The largest absolute Gasteiger partial charge is 0.324 e. The third kappa shape index (κ3) is 2.71. The molecule has 1 nitrogen and oxygen atoms in total. The van der Waals surface area contributed by atoms with Crippen LogP contribution in [0.25, 0.3) is 0 Å². The van der Waals surface area contributed by atoms with Crippen molar-refractivity contribution < 1.29 is 0 Å². The SMILES string of the molecule is Cc1cc(C)c(C(N)C2CCCCC2)cc1C. The summed E-state index contributed by atoms with van der Waals surface area (Å²) in [7, 11) is 0. The predicted octanol–water partition coefficient (Wildman–Crippen LogP) is 4.19. The Morgan fingerprint density at radius 2 is 1.53 bits per heavy atom. The number of benzene rings is 1. The van der Waals surface area contributed by atoms with E-state index in [1.165, 1.54) is 54.4 Å². The molecule has 1 aliphatic rings. The van der Waals surface area contributed by atoms with Crippen molar-refractivity contribution in [2.75, 3.05) is 0 Å². The third-order valence-corrected chi connectivity index (χ3v) is 4.40. The molecule has 0 bridgehead atoms. The lowest BCUT2D eigenvalue weighted by atomic mass is 9.80. The Labute approximate surface area is 105 Å². The van der Waals surface area contributed by atoms with Crippen LogP contribution in [-0.2, 0) is 0 Å². The molecular weight excluding hydrogens is 206 g/mol. The molecule has 0 spiro atoms. The van der Waals surface area contributed by atoms with E-state index < -0.39 is 0 Å². The van der Waals surface area contributed by atoms with Gasteiger partial charge in [-0.3, -0.25) is 0 Å². The summed E-state index contributed by atoms with van der Waals surface area (Å²) >= 11 is 0. The second kappa shape index (κ2) is 5.22. The molecule has 0 saturated heterocycles. The summed E-state index contributed by atoms with van der Waals surface area (Å²) in [6.45, 7) is 6.56. The van der Waals surface area contributed by atoms with Gasteiger partial charge in [0.25, 0.3) is 0 Å². The highest BCUT2D eigenvalue weighted by Gasteiger charge is 2.23. The molecule has 2 N–H and O–H groups in total. The van der Waals surface area contributed by atoms with E-state index in [1.54, 1.807) is 0 Å². The second-order valence-electron chi connectivity index (χ2n) is 5.72. The van der Waals surface area contributed by atoms with Gasteiger partial charge in [0, 0.05) is 6.04 Å². The van der Waals surface area contributed by atoms with Gasteiger partial charge in [0.05, 0.1) is 0 Å². The van der Waals surface area contributed by atoms with Gasteiger partial charge in [-0.15, -0.1) is 0 Å². The molecular formula is C16H25N. The standard InChI is InChI=1S/C16H25N/c1-11-9-13(3)15(10-12(11)2)16(17)14-7-5-4-6-8-14/h9-10,14,16H,4-8,17H2,1-3H3. The molecule has 17 heavy (non-hydrogen) atoms. The summed E-state index contributed by atoms with van der Waals surface area (Å²) < 4.78 is 0. The van der Waals surface area contributed by atoms with Crippen molar-refractivity contribution in [2.45, 2.75) is 58.9 Å². The number of nitrogens with two attached hydrogens (primary N) is 1. The van der Waals surface area contributed by atoms with E-state index in [9.17, 15) is 0 Å². The van der Waals surface area contributed by atoms with E-state index in [0.717, 1.165) is 0 Å². The summed E-state index contributed by atoms with van der Waals surface area (Å²) in [5, 5.41) is 0. The fourth-order valence-electron chi connectivity index (χ4n) is 3.09. The van der Waals surface area contributed by atoms with Crippen LogP contribution in [0.3, 0.4) is 0 Å². The predicted molar refractivity (Wildman–Crippen MR) is 74.2 cm³/mol. The molecule has 1 atom stereocenters. The Hall–Kier alpha value is -0.820. The normalized spacial score (nSPS) is 19.3. The van der Waals surface area contributed by atoms with Gasteiger partial charge in [-0.05, 0) is 61.8 Å². The first kappa shape index (κ1) is 12.6. The van der Waals surface area contributed by atoms with Gasteiger partial charge >= 0.3 is 0 Å². The average Bonchev–Trinajstić information content (AvgIpc) is 2.34. The van der Waals surface area contributed by atoms with Gasteiger partial charge in [-0.25, -0.2) is 0 Å². The highest BCUT2D eigenvalue weighted by Crippen LogP contribution is 2.34. The van der Waals surface area contributed by atoms with Crippen molar-refractivity contribution in [1.29, 1.82) is 0 Å². The highest BCUT2D eigenvalue weighted by atomic mass is 14.7. The number of hydrogen-bond donors (Lipinski definition) is 1. The van der Waals surface area contributed by atoms with Crippen LogP contribution in [-0.4, -0.2) is 0 Å². The van der Waals surface area contributed by atoms with Crippen LogP contribution in [0, 0.1) is 26.7 Å². The summed E-state index contributed by atoms with van der Waals surface area (Å²) in [5.74, 6) is 0.699. The molecule has 2 rings (SSSR count). The smallest absolute Gasteiger partial charge is 0.0326 e. The molecule has 1 fully saturated rings. The molecule has 1 saturated carbocycles. The summed E-state index contributed by atoms with van der Waals surface area (Å²) in [4.78, 5) is 0. The fraction of sp³-hybridized carbons (Fsp3) is 0.625. The van der Waals surface area contributed by atoms with Crippen LogP contribution < -0.4 is 5.73 Å². The Kier molecular flexibility index (Phi) is 3.88. The van der Waals surface area contributed by atoms with Crippen LogP contribution in [0.15, 0.2) is 12.1 Å². The summed E-state index contributed by atoms with van der Waals surface area (Å²) in [6, 6.07) is 4.84. The lowest BCUT2D eigenvalue weighted by Crippen LogP contribution is -2.24. The molecule has 1 unspecified atom stereocenters. The Balaban J connectivity index is 2.23. The van der Waals surface area contributed by atoms with Crippen LogP contribution in [0.5, 0.6) is 0 Å². The lowest BCUT2D eigenvalue weighted by Gasteiger charge is -2.29. The number of rotatable bonds is 2. The van der Waals surface area contributed by atoms with Gasteiger partial charge in [0.15, 0.2) is 0 Å². The van der Waals surface area contributed by atoms with Crippen LogP contribution >= 0.6 is 0 Å². The molecule has 94 valence electrons. The molecule has 0 aliphatic heterocycles. The first-order valence-corrected chi connectivity index (χ1v) is 6.93. The van der Waals surface area contributed by atoms with E-state index in [1.807, 2.05) is 0 Å². The molecule has 0 radical (unpaired) electrons. The second-order valence-corrected chi connectivity index (χ2v) is 5.72. The Bertz CT molecular complexity index is 389. The minimum atomic E-state index is 0.245. The zero-order valence-electron chi connectivity index (χ0n) is 11.4. The molecule has 1 aliphatic carbocycles. The van der Waals surface area contributed by atoms with Crippen molar-refractivity contribution in [1.82, 2.24) is 0 Å². The highest BCUT2D eigenvalue weighted by molar-refractivity contribution is 5.38. The zero-order chi connectivity index (χ0) is 12.4. The van der Waals surface area contributed by atoms with Crippen molar-refractivity contribution in [3.63, 3.8) is 0 Å². The Morgan fingerprint density at radius 3 is 2.18 bits per heavy atom. The molecule has 0 aromatic heterocycles. The molecule has 1 aromatic carbocycles. The van der Waals surface area contributed by atoms with Crippen molar-refractivity contribution in [3.05, 3.63) is 34.4 Å². The molecule has 1 aromatic rings. The van der Waals surface area contributed by atoms with Crippen molar-refractivity contribution in [2.24, 2.45) is 11.7 Å². The van der Waals surface area contributed by atoms with E-state index in [4.69, 9.17) is 5.73 Å². The fourth-order valence-corrected chi connectivity index (χ4v) is 3.09. The molecule has 0 heterocycles. The quantitative estimate of drug-likeness (QED) is 0.811. The zero-order valence-corrected chi connectivity index (χ0v) is 11.4. The molecule has 1 heteroatoms. The topological polar surface area (TPSA) is 26.0 Å². The average molecular weight is 231 g/mol. The van der Waals surface area contributed by atoms with Gasteiger partial charge in [0.1, 0.15) is 0 Å². The molecule has 0 amide bonds. The lowest BCUT2D eigenvalue weighted by molar-refractivity contribution is 0.307. The van der Waals surface area contributed by atoms with Crippen molar-refractivity contribution >= 4 is 0 Å². The van der Waals surface area contributed by atoms with Gasteiger partial charge in [-0.1, -0.05) is 31.4 Å². The first-order valence-electron chi connectivity index (χ1n) is 6.93. The van der Waals surface area contributed by atoms with Crippen LogP contribution in [0.4, 0.5) is 0 Å². The Morgan fingerprint density at radius 1 is 0.941 bits per heavy atom. The minimum absolute atomic E-state index is 0.245. The summed E-state index contributed by atoms with van der Waals surface area (Å²) in [5.41, 5.74) is 12.0. The monoisotopic (exact) mass is 231 g/mol. The maximum Gasteiger partial charge on any atom is 0.0326 e. The maximum absolute atomic E-state index is 6.49. The van der Waals surface area contributed by atoms with Crippen molar-refractivity contribution in [3.8, 4) is 0 Å². The first-order chi connectivity index (χ1) is 8.09. The number of hydrogen-bond acceptors (Lipinski definition) is 1. The maximum atomic E-state index is 6.49. The van der Waals surface area contributed by atoms with Crippen LogP contribution in [0.1, 0.15) is 60.4 Å². The van der Waals surface area contributed by atoms with Gasteiger partial charge in [0.2, 0.25) is 0 Å². The number of aryl methyl sites for hydroxylation is 3. The van der Waals surface area contributed by atoms with E-state index in [2.05, 4.69) is 32.9 Å². The van der Waals surface area contributed by atoms with Crippen LogP contribution in [0.2, 0.25) is 0 Å².